The third-order valence-corrected chi connectivity index (χ3v) is 3.89. The van der Waals surface area contributed by atoms with E-state index in [0.29, 0.717) is 24.3 Å². The Bertz CT molecular complexity index is 566. The summed E-state index contributed by atoms with van der Waals surface area (Å²) >= 11 is 0. The number of hydrogen-bond acceptors (Lipinski definition) is 4. The molecule has 6 heteroatoms. The Balaban J connectivity index is 2.03. The first kappa shape index (κ1) is 18.3. The number of para-hydroxylation sites is 1. The van der Waals surface area contributed by atoms with Gasteiger partial charge in [-0.25, -0.2) is 4.79 Å². The molecule has 1 amide bonds. The van der Waals surface area contributed by atoms with Gasteiger partial charge in [-0.05, 0) is 37.3 Å². The Kier molecular flexibility index (Phi) is 6.61. The van der Waals surface area contributed by atoms with E-state index in [9.17, 15) is 14.7 Å². The van der Waals surface area contributed by atoms with Gasteiger partial charge in [-0.3, -0.25) is 4.79 Å². The third kappa shape index (κ3) is 5.23. The molecule has 1 aromatic rings. The van der Waals surface area contributed by atoms with Crippen molar-refractivity contribution in [2.45, 2.75) is 45.3 Å². The molecule has 1 fully saturated rings. The van der Waals surface area contributed by atoms with Gasteiger partial charge in [0.1, 0.15) is 18.4 Å². The van der Waals surface area contributed by atoms with Crippen molar-refractivity contribution < 1.29 is 24.2 Å². The van der Waals surface area contributed by atoms with Crippen molar-refractivity contribution in [1.82, 2.24) is 5.32 Å². The number of ether oxygens (including phenoxy) is 2. The molecule has 1 saturated heterocycles. The topological polar surface area (TPSA) is 84.9 Å². The fraction of sp³-hybridized carbons (Fsp3) is 0.556. The lowest BCUT2D eigenvalue weighted by atomic mass is 10.0. The minimum absolute atomic E-state index is 0.0498. The van der Waals surface area contributed by atoms with Gasteiger partial charge < -0.3 is 19.9 Å². The summed E-state index contributed by atoms with van der Waals surface area (Å²) in [6.07, 6.45) is 2.39. The van der Waals surface area contributed by atoms with E-state index in [2.05, 4.69) is 5.32 Å². The van der Waals surface area contributed by atoms with Crippen LogP contribution >= 0.6 is 0 Å². The van der Waals surface area contributed by atoms with Gasteiger partial charge in [0.15, 0.2) is 0 Å². The molecule has 0 spiro atoms. The number of hydrogen-bond donors (Lipinski definition) is 2. The van der Waals surface area contributed by atoms with Gasteiger partial charge in [0.05, 0.1) is 11.7 Å². The molecule has 24 heavy (non-hydrogen) atoms. The highest BCUT2D eigenvalue weighted by molar-refractivity contribution is 5.98. The summed E-state index contributed by atoms with van der Waals surface area (Å²) in [6, 6.07) is 5.94. The van der Waals surface area contributed by atoms with Crippen molar-refractivity contribution >= 4 is 11.9 Å². The van der Waals surface area contributed by atoms with Crippen LogP contribution in [0.3, 0.4) is 0 Å². The largest absolute Gasteiger partial charge is 0.490 e. The molecule has 2 atom stereocenters. The number of amides is 1. The van der Waals surface area contributed by atoms with Gasteiger partial charge >= 0.3 is 5.97 Å². The SMILES string of the molecule is CC(C)C[C@@H](NC(=O)c1ccccc1OC[C@H]1CCCO1)C(=O)O. The Hall–Kier alpha value is -2.08. The van der Waals surface area contributed by atoms with Crippen molar-refractivity contribution in [3.8, 4) is 5.75 Å². The van der Waals surface area contributed by atoms with Gasteiger partial charge in [-0.2, -0.15) is 0 Å². The van der Waals surface area contributed by atoms with Crippen molar-refractivity contribution in [2.24, 2.45) is 5.92 Å². The molecule has 1 aromatic carbocycles. The van der Waals surface area contributed by atoms with Crippen LogP contribution in [-0.2, 0) is 9.53 Å². The Morgan fingerprint density at radius 2 is 2.12 bits per heavy atom. The Morgan fingerprint density at radius 3 is 2.75 bits per heavy atom. The second-order valence-corrected chi connectivity index (χ2v) is 6.44. The molecule has 0 unspecified atom stereocenters. The second kappa shape index (κ2) is 8.68. The van der Waals surface area contributed by atoms with E-state index in [0.717, 1.165) is 19.4 Å². The maximum Gasteiger partial charge on any atom is 0.326 e. The van der Waals surface area contributed by atoms with Crippen LogP contribution in [0.25, 0.3) is 0 Å². The molecule has 0 bridgehead atoms. The number of carbonyl (C=O) groups is 2. The highest BCUT2D eigenvalue weighted by Gasteiger charge is 2.24. The minimum Gasteiger partial charge on any atom is -0.490 e. The molecule has 0 aliphatic carbocycles. The summed E-state index contributed by atoms with van der Waals surface area (Å²) < 4.78 is 11.2. The van der Waals surface area contributed by atoms with Gasteiger partial charge in [0.2, 0.25) is 0 Å². The highest BCUT2D eigenvalue weighted by Crippen LogP contribution is 2.21. The van der Waals surface area contributed by atoms with Crippen LogP contribution in [0.2, 0.25) is 0 Å². The fourth-order valence-corrected chi connectivity index (χ4v) is 2.67. The number of benzene rings is 1. The lowest BCUT2D eigenvalue weighted by molar-refractivity contribution is -0.139. The first-order chi connectivity index (χ1) is 11.5. The van der Waals surface area contributed by atoms with E-state index in [1.54, 1.807) is 24.3 Å². The summed E-state index contributed by atoms with van der Waals surface area (Å²) in [5.74, 6) is -0.864. The van der Waals surface area contributed by atoms with Gasteiger partial charge in [-0.15, -0.1) is 0 Å². The number of carboxylic acids is 1. The number of rotatable bonds is 8. The molecule has 0 radical (unpaired) electrons. The average Bonchev–Trinajstić information content (AvgIpc) is 3.05. The summed E-state index contributed by atoms with van der Waals surface area (Å²) in [4.78, 5) is 23.8. The lowest BCUT2D eigenvalue weighted by Gasteiger charge is -2.18. The minimum atomic E-state index is -1.03. The average molecular weight is 335 g/mol. The Morgan fingerprint density at radius 1 is 1.38 bits per heavy atom. The summed E-state index contributed by atoms with van der Waals surface area (Å²) in [7, 11) is 0. The van der Waals surface area contributed by atoms with Crippen LogP contribution in [0, 0.1) is 5.92 Å². The summed E-state index contributed by atoms with van der Waals surface area (Å²) in [5.41, 5.74) is 0.338. The van der Waals surface area contributed by atoms with E-state index in [-0.39, 0.29) is 12.0 Å². The molecule has 132 valence electrons. The quantitative estimate of drug-likeness (QED) is 0.762. The standard InChI is InChI=1S/C18H25NO5/c1-12(2)10-15(18(21)22)19-17(20)14-7-3-4-8-16(14)24-11-13-6-5-9-23-13/h3-4,7-8,12-13,15H,5-6,9-11H2,1-2H3,(H,19,20)(H,21,22)/t13-,15-/m1/s1. The van der Waals surface area contributed by atoms with Crippen molar-refractivity contribution in [1.29, 1.82) is 0 Å². The maximum absolute atomic E-state index is 12.5. The first-order valence-corrected chi connectivity index (χ1v) is 8.34. The summed E-state index contributed by atoms with van der Waals surface area (Å²) in [6.45, 7) is 4.96. The van der Waals surface area contributed by atoms with Crippen LogP contribution in [0.15, 0.2) is 24.3 Å². The normalized spacial score (nSPS) is 18.4. The molecule has 2 rings (SSSR count). The number of carbonyl (C=O) groups excluding carboxylic acids is 1. The molecule has 1 aliphatic heterocycles. The van der Waals surface area contributed by atoms with Gasteiger partial charge in [0.25, 0.3) is 5.91 Å². The zero-order chi connectivity index (χ0) is 17.5. The lowest BCUT2D eigenvalue weighted by Crippen LogP contribution is -2.41. The zero-order valence-electron chi connectivity index (χ0n) is 14.2. The van der Waals surface area contributed by atoms with E-state index in [1.165, 1.54) is 0 Å². The van der Waals surface area contributed by atoms with Crippen molar-refractivity contribution in [3.63, 3.8) is 0 Å². The van der Waals surface area contributed by atoms with E-state index >= 15 is 0 Å². The van der Waals surface area contributed by atoms with Crippen LogP contribution in [0.5, 0.6) is 5.75 Å². The monoisotopic (exact) mass is 335 g/mol. The number of carboxylic acid groups (broad SMARTS) is 1. The van der Waals surface area contributed by atoms with E-state index in [4.69, 9.17) is 9.47 Å². The molecule has 2 N–H and O–H groups in total. The molecule has 1 heterocycles. The van der Waals surface area contributed by atoms with E-state index in [1.807, 2.05) is 13.8 Å². The predicted octanol–water partition coefficient (Wildman–Crippen LogP) is 2.47. The fourth-order valence-electron chi connectivity index (χ4n) is 2.67. The molecule has 0 aromatic heterocycles. The van der Waals surface area contributed by atoms with Crippen LogP contribution in [-0.4, -0.2) is 42.3 Å². The Labute approximate surface area is 142 Å². The zero-order valence-corrected chi connectivity index (χ0v) is 14.2. The second-order valence-electron chi connectivity index (χ2n) is 6.44. The number of nitrogens with one attached hydrogen (secondary N) is 1. The van der Waals surface area contributed by atoms with Crippen molar-refractivity contribution in [2.75, 3.05) is 13.2 Å². The molecule has 0 saturated carbocycles. The van der Waals surface area contributed by atoms with E-state index < -0.39 is 17.9 Å². The smallest absolute Gasteiger partial charge is 0.326 e. The molecular weight excluding hydrogens is 310 g/mol. The van der Waals surface area contributed by atoms with Gasteiger partial charge in [-0.1, -0.05) is 26.0 Å². The number of aliphatic carboxylic acids is 1. The first-order valence-electron chi connectivity index (χ1n) is 8.34. The van der Waals surface area contributed by atoms with Gasteiger partial charge in [0, 0.05) is 6.61 Å². The van der Waals surface area contributed by atoms with Crippen LogP contribution in [0.4, 0.5) is 0 Å². The highest BCUT2D eigenvalue weighted by atomic mass is 16.5. The molecule has 1 aliphatic rings. The van der Waals surface area contributed by atoms with Crippen LogP contribution in [0.1, 0.15) is 43.5 Å². The molecular formula is C18H25NO5. The predicted molar refractivity (Wildman–Crippen MR) is 89.3 cm³/mol. The maximum atomic E-state index is 12.5. The van der Waals surface area contributed by atoms with Crippen molar-refractivity contribution in [3.05, 3.63) is 29.8 Å². The summed E-state index contributed by atoms with van der Waals surface area (Å²) in [5, 5.41) is 11.9. The third-order valence-electron chi connectivity index (χ3n) is 3.89. The molecule has 6 nitrogen and oxygen atoms in total. The van der Waals surface area contributed by atoms with Crippen LogP contribution < -0.4 is 10.1 Å².